The average Bonchev–Trinajstić information content (AvgIpc) is 3.28. The van der Waals surface area contributed by atoms with Gasteiger partial charge in [-0.2, -0.15) is 0 Å². The minimum atomic E-state index is -0.120. The van der Waals surface area contributed by atoms with Gasteiger partial charge in [0.15, 0.2) is 0 Å². The summed E-state index contributed by atoms with van der Waals surface area (Å²) in [7, 11) is 5.65. The number of aryl methyl sites for hydroxylation is 1. The summed E-state index contributed by atoms with van der Waals surface area (Å²) in [4.78, 5) is 26.7. The van der Waals surface area contributed by atoms with Crippen LogP contribution in [0.5, 0.6) is 5.75 Å². The lowest BCUT2D eigenvalue weighted by Crippen LogP contribution is -2.32. The van der Waals surface area contributed by atoms with E-state index in [2.05, 4.69) is 15.2 Å². The number of hydrogen-bond donors (Lipinski definition) is 1. The highest BCUT2D eigenvalue weighted by atomic mass is 35.5. The summed E-state index contributed by atoms with van der Waals surface area (Å²) in [5, 5.41) is 4.00. The van der Waals surface area contributed by atoms with Crippen molar-refractivity contribution in [2.45, 2.75) is 26.3 Å². The van der Waals surface area contributed by atoms with Gasteiger partial charge in [-0.05, 0) is 44.5 Å². The third-order valence-electron chi connectivity index (χ3n) is 6.07. The summed E-state index contributed by atoms with van der Waals surface area (Å²) in [5.74, 6) is 2.24. The van der Waals surface area contributed by atoms with Crippen LogP contribution in [0.3, 0.4) is 0 Å². The maximum Gasteiger partial charge on any atom is 0.277 e. The maximum absolute atomic E-state index is 13.3. The lowest BCUT2D eigenvalue weighted by Gasteiger charge is -2.20. The van der Waals surface area contributed by atoms with E-state index in [1.807, 2.05) is 63.2 Å². The third-order valence-corrected chi connectivity index (χ3v) is 6.38. The van der Waals surface area contributed by atoms with E-state index in [4.69, 9.17) is 21.3 Å². The Bertz CT molecular complexity index is 1240. The second-order valence-electron chi connectivity index (χ2n) is 8.68. The Morgan fingerprint density at radius 3 is 2.76 bits per heavy atom. The highest BCUT2D eigenvalue weighted by molar-refractivity contribution is 6.33. The molecule has 2 aromatic heterocycles. The van der Waals surface area contributed by atoms with Gasteiger partial charge in [-0.25, -0.2) is 9.97 Å². The van der Waals surface area contributed by atoms with Crippen LogP contribution in [0, 0.1) is 6.92 Å². The SMILES string of the molecule is CCOc1ccnc(N2CCC(Nc3c(C)nc(-c4ccc(N(C)C)cc4Cl)n(C)c3=O)C2)c1. The number of ether oxygens (including phenoxy) is 1. The van der Waals surface area contributed by atoms with Crippen LogP contribution in [0.15, 0.2) is 41.3 Å². The largest absolute Gasteiger partial charge is 0.494 e. The lowest BCUT2D eigenvalue weighted by atomic mass is 10.1. The standard InChI is InChI=1S/C25H31ClN6O2/c1-6-34-19-9-11-27-22(14-19)32-12-10-17(15-32)29-23-16(2)28-24(31(5)25(23)33)20-8-7-18(30(3)4)13-21(20)26/h7-9,11,13-14,17,29H,6,10,12,15H2,1-5H3. The number of halogens is 1. The highest BCUT2D eigenvalue weighted by Crippen LogP contribution is 2.30. The summed E-state index contributed by atoms with van der Waals surface area (Å²) >= 11 is 6.55. The van der Waals surface area contributed by atoms with E-state index in [0.29, 0.717) is 28.8 Å². The van der Waals surface area contributed by atoms with Crippen LogP contribution in [-0.2, 0) is 7.05 Å². The summed E-state index contributed by atoms with van der Waals surface area (Å²) in [6.45, 7) is 6.02. The fourth-order valence-electron chi connectivity index (χ4n) is 4.20. The molecule has 1 aliphatic rings. The molecular formula is C25H31ClN6O2. The van der Waals surface area contributed by atoms with Gasteiger partial charge < -0.3 is 19.9 Å². The van der Waals surface area contributed by atoms with E-state index in [1.165, 1.54) is 0 Å². The molecule has 0 aliphatic carbocycles. The Morgan fingerprint density at radius 2 is 2.06 bits per heavy atom. The molecular weight excluding hydrogens is 452 g/mol. The van der Waals surface area contributed by atoms with Crippen LogP contribution in [-0.4, -0.2) is 54.4 Å². The number of benzene rings is 1. The molecule has 0 radical (unpaired) electrons. The molecule has 1 aliphatic heterocycles. The van der Waals surface area contributed by atoms with Crippen molar-refractivity contribution in [2.24, 2.45) is 7.05 Å². The molecule has 180 valence electrons. The number of anilines is 3. The first-order valence-electron chi connectivity index (χ1n) is 11.4. The van der Waals surface area contributed by atoms with E-state index >= 15 is 0 Å². The summed E-state index contributed by atoms with van der Waals surface area (Å²) in [6.07, 6.45) is 2.66. The van der Waals surface area contributed by atoms with Gasteiger partial charge in [-0.1, -0.05) is 11.6 Å². The van der Waals surface area contributed by atoms with Crippen molar-refractivity contribution in [3.05, 3.63) is 57.6 Å². The zero-order valence-corrected chi connectivity index (χ0v) is 21.1. The number of nitrogens with one attached hydrogen (secondary N) is 1. The van der Waals surface area contributed by atoms with Gasteiger partial charge in [-0.3, -0.25) is 9.36 Å². The van der Waals surface area contributed by atoms with Crippen molar-refractivity contribution in [3.8, 4) is 17.1 Å². The van der Waals surface area contributed by atoms with Gasteiger partial charge in [0, 0.05) is 63.8 Å². The summed E-state index contributed by atoms with van der Waals surface area (Å²) in [6, 6.07) is 9.68. The maximum atomic E-state index is 13.3. The van der Waals surface area contributed by atoms with Crippen molar-refractivity contribution >= 4 is 28.8 Å². The molecule has 0 amide bonds. The van der Waals surface area contributed by atoms with Crippen molar-refractivity contribution in [3.63, 3.8) is 0 Å². The van der Waals surface area contributed by atoms with E-state index in [0.717, 1.165) is 42.3 Å². The number of nitrogens with zero attached hydrogens (tertiary/aromatic N) is 5. The van der Waals surface area contributed by atoms with E-state index in [1.54, 1.807) is 17.8 Å². The molecule has 34 heavy (non-hydrogen) atoms. The predicted molar refractivity (Wildman–Crippen MR) is 139 cm³/mol. The molecule has 8 nitrogen and oxygen atoms in total. The second kappa shape index (κ2) is 9.93. The molecule has 0 bridgehead atoms. The molecule has 1 N–H and O–H groups in total. The molecule has 1 unspecified atom stereocenters. The first-order chi connectivity index (χ1) is 16.3. The summed E-state index contributed by atoms with van der Waals surface area (Å²) in [5.41, 5.74) is 2.77. The molecule has 0 saturated carbocycles. The van der Waals surface area contributed by atoms with E-state index in [9.17, 15) is 4.79 Å². The summed E-state index contributed by atoms with van der Waals surface area (Å²) < 4.78 is 7.16. The molecule has 1 fully saturated rings. The number of aromatic nitrogens is 3. The Hall–Kier alpha value is -3.26. The number of hydrogen-bond acceptors (Lipinski definition) is 7. The molecule has 0 spiro atoms. The van der Waals surface area contributed by atoms with Crippen LogP contribution < -0.4 is 25.4 Å². The van der Waals surface area contributed by atoms with Crippen LogP contribution in [0.1, 0.15) is 19.0 Å². The van der Waals surface area contributed by atoms with Gasteiger partial charge in [0.05, 0.1) is 17.3 Å². The number of rotatable bonds is 7. The predicted octanol–water partition coefficient (Wildman–Crippen LogP) is 3.96. The van der Waals surface area contributed by atoms with Gasteiger partial charge in [0.25, 0.3) is 5.56 Å². The number of pyridine rings is 1. The van der Waals surface area contributed by atoms with Crippen LogP contribution >= 0.6 is 11.6 Å². The van der Waals surface area contributed by atoms with Crippen molar-refractivity contribution in [2.75, 3.05) is 48.9 Å². The normalized spacial score (nSPS) is 15.5. The van der Waals surface area contributed by atoms with Crippen molar-refractivity contribution in [1.82, 2.24) is 14.5 Å². The Kier molecular flexibility index (Phi) is 6.97. The average molecular weight is 483 g/mol. The van der Waals surface area contributed by atoms with E-state index < -0.39 is 0 Å². The van der Waals surface area contributed by atoms with Crippen LogP contribution in [0.2, 0.25) is 5.02 Å². The van der Waals surface area contributed by atoms with Crippen LogP contribution in [0.4, 0.5) is 17.2 Å². The molecule has 4 rings (SSSR count). The molecule has 3 aromatic rings. The molecule has 9 heteroatoms. The van der Waals surface area contributed by atoms with Gasteiger partial charge in [-0.15, -0.1) is 0 Å². The smallest absolute Gasteiger partial charge is 0.277 e. The minimum Gasteiger partial charge on any atom is -0.494 e. The topological polar surface area (TPSA) is 75.5 Å². The monoisotopic (exact) mass is 482 g/mol. The second-order valence-corrected chi connectivity index (χ2v) is 9.08. The Balaban J connectivity index is 1.55. The van der Waals surface area contributed by atoms with Gasteiger partial charge >= 0.3 is 0 Å². The Labute approximate surface area is 205 Å². The van der Waals surface area contributed by atoms with Crippen LogP contribution in [0.25, 0.3) is 11.4 Å². The first-order valence-corrected chi connectivity index (χ1v) is 11.8. The van der Waals surface area contributed by atoms with Gasteiger partial charge in [0.2, 0.25) is 0 Å². The fraction of sp³-hybridized carbons (Fsp3) is 0.400. The molecule has 3 heterocycles. The fourth-order valence-corrected chi connectivity index (χ4v) is 4.46. The zero-order chi connectivity index (χ0) is 24.4. The third kappa shape index (κ3) is 4.82. The van der Waals surface area contributed by atoms with Gasteiger partial charge in [0.1, 0.15) is 23.1 Å². The highest BCUT2D eigenvalue weighted by Gasteiger charge is 2.26. The molecule has 1 aromatic carbocycles. The quantitative estimate of drug-likeness (QED) is 0.546. The van der Waals surface area contributed by atoms with Crippen molar-refractivity contribution in [1.29, 1.82) is 0 Å². The van der Waals surface area contributed by atoms with Crippen molar-refractivity contribution < 1.29 is 4.74 Å². The lowest BCUT2D eigenvalue weighted by molar-refractivity contribution is 0.340. The Morgan fingerprint density at radius 1 is 1.26 bits per heavy atom. The first kappa shape index (κ1) is 23.9. The zero-order valence-electron chi connectivity index (χ0n) is 20.3. The van der Waals surface area contributed by atoms with E-state index in [-0.39, 0.29) is 11.6 Å². The molecule has 1 saturated heterocycles. The minimum absolute atomic E-state index is 0.111. The molecule has 1 atom stereocenters.